The maximum atomic E-state index is 6.59. The van der Waals surface area contributed by atoms with Crippen LogP contribution < -0.4 is 9.91 Å². The highest BCUT2D eigenvalue weighted by Crippen LogP contribution is 2.44. The Bertz CT molecular complexity index is 1830. The first-order chi connectivity index (χ1) is 20.7. The van der Waals surface area contributed by atoms with Gasteiger partial charge in [0.2, 0.25) is 0 Å². The molecular weight excluding hydrogens is 538 g/mol. The average Bonchev–Trinajstić information content (AvgIpc) is 3.57. The molecule has 1 aromatic heterocycles. The number of rotatable bonds is 5. The Morgan fingerprint density at radius 1 is 0.682 bits per heavy atom. The van der Waals surface area contributed by atoms with E-state index in [1.54, 1.807) is 0 Å². The minimum atomic E-state index is -0.0366. The molecule has 2 heterocycles. The van der Waals surface area contributed by atoms with E-state index in [0.717, 1.165) is 39.0 Å². The van der Waals surface area contributed by atoms with Gasteiger partial charge in [-0.05, 0) is 63.1 Å². The van der Waals surface area contributed by atoms with Gasteiger partial charge in [0, 0.05) is 16.3 Å². The zero-order valence-electron chi connectivity index (χ0n) is 28.1. The molecule has 0 atom stereocenters. The third-order valence-electron chi connectivity index (χ3n) is 8.93. The lowest BCUT2D eigenvalue weighted by Gasteiger charge is -2.32. The van der Waals surface area contributed by atoms with Crippen molar-refractivity contribution in [1.29, 1.82) is 0 Å². The van der Waals surface area contributed by atoms with Crippen molar-refractivity contribution < 1.29 is 4.42 Å². The predicted molar refractivity (Wildman–Crippen MR) is 189 cm³/mol. The van der Waals surface area contributed by atoms with Gasteiger partial charge in [0.1, 0.15) is 17.9 Å². The van der Waals surface area contributed by atoms with Gasteiger partial charge < -0.3 is 9.32 Å². The third kappa shape index (κ3) is 5.29. The molecule has 0 saturated carbocycles. The van der Waals surface area contributed by atoms with Gasteiger partial charge in [0.15, 0.2) is 11.4 Å². The number of furan rings is 1. The van der Waals surface area contributed by atoms with Crippen LogP contribution in [0.1, 0.15) is 109 Å². The van der Waals surface area contributed by atoms with E-state index < -0.39 is 0 Å². The lowest BCUT2D eigenvalue weighted by atomic mass is 9.80. The molecule has 0 N–H and O–H groups in total. The molecule has 1 aliphatic rings. The van der Waals surface area contributed by atoms with Crippen LogP contribution >= 0.6 is 0 Å². The van der Waals surface area contributed by atoms with E-state index in [1.165, 1.54) is 27.9 Å². The summed E-state index contributed by atoms with van der Waals surface area (Å²) in [6.07, 6.45) is 0. The smallest absolute Gasteiger partial charge is 0.162 e. The summed E-state index contributed by atoms with van der Waals surface area (Å²) in [7, 11) is 0. The maximum Gasteiger partial charge on any atom is 0.162 e. The van der Waals surface area contributed by atoms with Gasteiger partial charge in [-0.25, -0.2) is 5.01 Å². The molecule has 4 heteroatoms. The first kappa shape index (κ1) is 30.0. The second-order valence-electron chi connectivity index (χ2n) is 15.0. The van der Waals surface area contributed by atoms with Gasteiger partial charge in [-0.15, -0.1) is 0 Å². The largest absolute Gasteiger partial charge is 0.454 e. The van der Waals surface area contributed by atoms with Crippen molar-refractivity contribution in [3.63, 3.8) is 0 Å². The van der Waals surface area contributed by atoms with Crippen LogP contribution in [0.5, 0.6) is 0 Å². The molecule has 0 saturated heterocycles. The highest BCUT2D eigenvalue weighted by Gasteiger charge is 2.34. The predicted octanol–water partition coefficient (Wildman–Crippen LogP) is 11.1. The summed E-state index contributed by atoms with van der Waals surface area (Å²) >= 11 is 0. The summed E-state index contributed by atoms with van der Waals surface area (Å²) in [4.78, 5) is 2.45. The molecule has 0 amide bonds. The van der Waals surface area contributed by atoms with E-state index in [4.69, 9.17) is 9.52 Å². The van der Waals surface area contributed by atoms with Gasteiger partial charge in [-0.3, -0.25) is 0 Å². The number of hydrazone groups is 1. The van der Waals surface area contributed by atoms with E-state index in [1.807, 2.05) is 6.07 Å². The number of hydrogen-bond acceptors (Lipinski definition) is 4. The van der Waals surface area contributed by atoms with Gasteiger partial charge in [-0.1, -0.05) is 130 Å². The second kappa shape index (κ2) is 10.8. The summed E-state index contributed by atoms with van der Waals surface area (Å²) < 4.78 is 6.59. The minimum absolute atomic E-state index is 0.0366. The Hall–Kier alpha value is -4.05. The van der Waals surface area contributed by atoms with Crippen molar-refractivity contribution in [2.75, 3.05) is 16.6 Å². The Balaban J connectivity index is 1.61. The molecule has 0 radical (unpaired) electrons. The molecule has 6 rings (SSSR count). The lowest BCUT2D eigenvalue weighted by Crippen LogP contribution is -2.34. The summed E-state index contributed by atoms with van der Waals surface area (Å²) in [5.74, 6) is 1.66. The van der Waals surface area contributed by atoms with Gasteiger partial charge in [0.25, 0.3) is 0 Å². The maximum absolute atomic E-state index is 6.59. The molecule has 1 aliphatic heterocycles. The zero-order chi connectivity index (χ0) is 31.6. The number of fused-ring (bicyclic) bond motifs is 3. The van der Waals surface area contributed by atoms with Crippen LogP contribution in [0.15, 0.2) is 88.4 Å². The van der Waals surface area contributed by atoms with E-state index in [9.17, 15) is 0 Å². The van der Waals surface area contributed by atoms with Crippen molar-refractivity contribution in [1.82, 2.24) is 0 Å². The van der Waals surface area contributed by atoms with Crippen LogP contribution in [0.2, 0.25) is 0 Å². The van der Waals surface area contributed by atoms with E-state index in [0.29, 0.717) is 18.5 Å². The number of nitrogens with zero attached hydrogens (tertiary/aromatic N) is 3. The monoisotopic (exact) mass is 585 g/mol. The number of amidine groups is 1. The Morgan fingerprint density at radius 2 is 1.25 bits per heavy atom. The first-order valence-corrected chi connectivity index (χ1v) is 16.1. The molecule has 0 fully saturated rings. The molecule has 0 bridgehead atoms. The van der Waals surface area contributed by atoms with Crippen molar-refractivity contribution in [2.45, 2.75) is 91.9 Å². The van der Waals surface area contributed by atoms with Crippen molar-refractivity contribution in [3.8, 4) is 0 Å². The van der Waals surface area contributed by atoms with Crippen LogP contribution in [0.4, 0.5) is 11.4 Å². The topological polar surface area (TPSA) is 32.0 Å². The van der Waals surface area contributed by atoms with Crippen LogP contribution in [0, 0.1) is 0 Å². The first-order valence-electron chi connectivity index (χ1n) is 16.1. The fourth-order valence-corrected chi connectivity index (χ4v) is 6.25. The normalized spacial score (nSPS) is 14.5. The lowest BCUT2D eigenvalue weighted by molar-refractivity contribution is 0.586. The Morgan fingerprint density at radius 3 is 1.84 bits per heavy atom. The number of benzene rings is 4. The van der Waals surface area contributed by atoms with Crippen LogP contribution in [-0.2, 0) is 10.8 Å². The quantitative estimate of drug-likeness (QED) is 0.206. The summed E-state index contributed by atoms with van der Waals surface area (Å²) in [5.41, 5.74) is 10.6. The Labute approximate surface area is 263 Å². The van der Waals surface area contributed by atoms with E-state index in [2.05, 4.69) is 152 Å². The van der Waals surface area contributed by atoms with Crippen LogP contribution in [0.25, 0.3) is 21.9 Å². The van der Waals surface area contributed by atoms with Crippen molar-refractivity contribution in [3.05, 3.63) is 107 Å². The van der Waals surface area contributed by atoms with Crippen molar-refractivity contribution >= 4 is 39.1 Å². The van der Waals surface area contributed by atoms with Gasteiger partial charge in [-0.2, -0.15) is 5.10 Å². The number of hydrogen-bond donors (Lipinski definition) is 0. The number of para-hydroxylation sites is 1. The second-order valence-corrected chi connectivity index (χ2v) is 15.0. The van der Waals surface area contributed by atoms with Crippen LogP contribution in [-0.4, -0.2) is 12.5 Å². The highest BCUT2D eigenvalue weighted by molar-refractivity contribution is 6.14. The summed E-state index contributed by atoms with van der Waals surface area (Å²) in [6, 6.07) is 28.4. The fourth-order valence-electron chi connectivity index (χ4n) is 6.25. The highest BCUT2D eigenvalue weighted by atomic mass is 16.3. The number of anilines is 2. The minimum Gasteiger partial charge on any atom is -0.454 e. The SMILES string of the molecule is CC(C)c1cc(C(C)(C)C)cc(C(C)C)c1N1CN(c2cc(C(C)(C)C)cc3c2oc2ccccc23)N=C1c1ccccc1. The molecule has 0 unspecified atom stereocenters. The molecule has 0 spiro atoms. The molecule has 0 aliphatic carbocycles. The Kier molecular flexibility index (Phi) is 7.39. The van der Waals surface area contributed by atoms with Gasteiger partial charge in [0.05, 0.1) is 5.69 Å². The fraction of sp³-hybridized carbons (Fsp3) is 0.375. The molecule has 5 aromatic rings. The van der Waals surface area contributed by atoms with Gasteiger partial charge >= 0.3 is 0 Å². The molecule has 4 nitrogen and oxygen atoms in total. The molecule has 4 aromatic carbocycles. The van der Waals surface area contributed by atoms with E-state index in [-0.39, 0.29) is 10.8 Å². The van der Waals surface area contributed by atoms with Crippen molar-refractivity contribution in [2.24, 2.45) is 5.10 Å². The summed E-state index contributed by atoms with van der Waals surface area (Å²) in [5, 5.41) is 9.85. The van der Waals surface area contributed by atoms with Crippen LogP contribution in [0.3, 0.4) is 0 Å². The standard InChI is InChI=1S/C40H47N3O/c1-25(2)31-20-28(39(5,6)7)21-32(26(3)4)36(31)42-24-43(41-38(42)27-16-12-11-13-17-27)34-23-29(40(8,9)10)22-33-30-18-14-15-19-35(30)44-37(33)34/h11-23,25-26H,24H2,1-10H3. The zero-order valence-corrected chi connectivity index (χ0v) is 28.1. The molecule has 228 valence electrons. The summed E-state index contributed by atoms with van der Waals surface area (Å²) in [6.45, 7) is 23.6. The molecule has 44 heavy (non-hydrogen) atoms. The van der Waals surface area contributed by atoms with E-state index >= 15 is 0 Å². The third-order valence-corrected chi connectivity index (χ3v) is 8.93. The molecular formula is C40H47N3O. The average molecular weight is 586 g/mol.